The monoisotopic (exact) mass is 390 g/mol. The van der Waals surface area contributed by atoms with Crippen LogP contribution in [0.3, 0.4) is 0 Å². The summed E-state index contributed by atoms with van der Waals surface area (Å²) in [6, 6.07) is 11.9. The molecule has 0 aliphatic rings. The van der Waals surface area contributed by atoms with Gasteiger partial charge in [0.15, 0.2) is 5.82 Å². The van der Waals surface area contributed by atoms with Gasteiger partial charge in [0.2, 0.25) is 4.77 Å². The minimum atomic E-state index is -0.467. The summed E-state index contributed by atoms with van der Waals surface area (Å²) in [5.74, 6) is 0.720. The van der Waals surface area contributed by atoms with E-state index in [0.717, 1.165) is 5.56 Å². The van der Waals surface area contributed by atoms with Crippen molar-refractivity contribution in [3.05, 3.63) is 63.6 Å². The van der Waals surface area contributed by atoms with Crippen LogP contribution in [0.25, 0.3) is 11.4 Å². The van der Waals surface area contributed by atoms with Gasteiger partial charge < -0.3 is 4.74 Å². The first-order valence-corrected chi connectivity index (χ1v) is 8.67. The minimum Gasteiger partial charge on any atom is -0.491 e. The number of benzene rings is 2. The molecule has 2 aromatic carbocycles. The maximum atomic E-state index is 13.9. The lowest BCUT2D eigenvalue weighted by Crippen LogP contribution is -2.05. The number of hydrogen-bond donors (Lipinski definition) is 1. The summed E-state index contributed by atoms with van der Waals surface area (Å²) < 4.78 is 21.3. The summed E-state index contributed by atoms with van der Waals surface area (Å²) in [7, 11) is 0. The van der Waals surface area contributed by atoms with Gasteiger partial charge in [0.25, 0.3) is 0 Å². The topological polar surface area (TPSA) is 55.2 Å². The quantitative estimate of drug-likeness (QED) is 0.488. The van der Waals surface area contributed by atoms with Gasteiger partial charge in [0.05, 0.1) is 17.3 Å². The first-order chi connectivity index (χ1) is 12.5. The van der Waals surface area contributed by atoms with Crippen LogP contribution in [-0.4, -0.2) is 27.2 Å². The van der Waals surface area contributed by atoms with Crippen molar-refractivity contribution in [1.82, 2.24) is 14.9 Å². The predicted molar refractivity (Wildman–Crippen MR) is 103 cm³/mol. The summed E-state index contributed by atoms with van der Waals surface area (Å²) in [6.45, 7) is 3.90. The molecule has 0 spiro atoms. The summed E-state index contributed by atoms with van der Waals surface area (Å²) in [4.78, 5) is 0. The third-order valence-electron chi connectivity index (χ3n) is 3.42. The van der Waals surface area contributed by atoms with Crippen LogP contribution in [0.5, 0.6) is 5.75 Å². The van der Waals surface area contributed by atoms with Crippen LogP contribution >= 0.6 is 23.8 Å². The van der Waals surface area contributed by atoms with Gasteiger partial charge >= 0.3 is 0 Å². The zero-order chi connectivity index (χ0) is 18.7. The third kappa shape index (κ3) is 4.00. The molecule has 3 rings (SSSR count). The molecule has 134 valence electrons. The van der Waals surface area contributed by atoms with Gasteiger partial charge in [-0.15, -0.1) is 0 Å². The maximum absolute atomic E-state index is 13.9. The van der Waals surface area contributed by atoms with Crippen LogP contribution in [0.15, 0.2) is 47.6 Å². The van der Waals surface area contributed by atoms with Crippen LogP contribution in [0.1, 0.15) is 19.4 Å². The number of halogens is 2. The van der Waals surface area contributed by atoms with Crippen molar-refractivity contribution in [2.45, 2.75) is 20.0 Å². The van der Waals surface area contributed by atoms with E-state index in [9.17, 15) is 4.39 Å². The van der Waals surface area contributed by atoms with E-state index >= 15 is 0 Å². The number of aromatic nitrogens is 3. The van der Waals surface area contributed by atoms with Crippen molar-refractivity contribution in [2.24, 2.45) is 5.10 Å². The summed E-state index contributed by atoms with van der Waals surface area (Å²) >= 11 is 11.3. The van der Waals surface area contributed by atoms with Gasteiger partial charge in [-0.05, 0) is 50.3 Å². The van der Waals surface area contributed by atoms with E-state index in [1.165, 1.54) is 23.0 Å². The Balaban J connectivity index is 2.00. The molecule has 1 N–H and O–H groups in total. The van der Waals surface area contributed by atoms with Crippen LogP contribution < -0.4 is 4.74 Å². The van der Waals surface area contributed by atoms with E-state index in [-0.39, 0.29) is 21.5 Å². The van der Waals surface area contributed by atoms with E-state index < -0.39 is 5.82 Å². The third-order valence-corrected chi connectivity index (χ3v) is 4.01. The number of nitrogens with zero attached hydrogens (tertiary/aromatic N) is 3. The molecule has 0 aliphatic heterocycles. The molecule has 0 amide bonds. The molecule has 0 saturated carbocycles. The Labute approximate surface area is 160 Å². The van der Waals surface area contributed by atoms with Crippen molar-refractivity contribution >= 4 is 30.0 Å². The fraction of sp³-hybridized carbons (Fsp3) is 0.167. The number of hydrogen-bond acceptors (Lipinski definition) is 4. The second-order valence-corrected chi connectivity index (χ2v) is 6.53. The van der Waals surface area contributed by atoms with E-state index in [1.807, 2.05) is 38.1 Å². The van der Waals surface area contributed by atoms with Gasteiger partial charge in [-0.3, -0.25) is 0 Å². The molecule has 0 atom stereocenters. The van der Waals surface area contributed by atoms with Crippen molar-refractivity contribution in [3.8, 4) is 17.1 Å². The molecular weight excluding hydrogens is 375 g/mol. The molecule has 1 heterocycles. The molecule has 0 unspecified atom stereocenters. The molecule has 3 aromatic rings. The first-order valence-electron chi connectivity index (χ1n) is 7.88. The van der Waals surface area contributed by atoms with Crippen LogP contribution in [0.4, 0.5) is 4.39 Å². The Morgan fingerprint density at radius 3 is 2.81 bits per heavy atom. The van der Waals surface area contributed by atoms with Gasteiger partial charge in [0, 0.05) is 11.1 Å². The fourth-order valence-corrected chi connectivity index (χ4v) is 2.71. The normalized spacial score (nSPS) is 11.4. The Morgan fingerprint density at radius 2 is 2.08 bits per heavy atom. The molecule has 0 saturated heterocycles. The molecule has 1 aromatic heterocycles. The zero-order valence-corrected chi connectivity index (χ0v) is 15.7. The van der Waals surface area contributed by atoms with E-state index in [4.69, 9.17) is 28.6 Å². The number of aromatic amines is 1. The van der Waals surface area contributed by atoms with Crippen LogP contribution in [0, 0.1) is 10.6 Å². The lowest BCUT2D eigenvalue weighted by atomic mass is 10.2. The number of ether oxygens (including phenoxy) is 1. The fourth-order valence-electron chi connectivity index (χ4n) is 2.32. The molecule has 0 aliphatic carbocycles. The highest BCUT2D eigenvalue weighted by molar-refractivity contribution is 7.71. The Bertz CT molecular complexity index is 992. The Morgan fingerprint density at radius 1 is 1.31 bits per heavy atom. The molecule has 0 fully saturated rings. The van der Waals surface area contributed by atoms with E-state index in [1.54, 1.807) is 6.07 Å². The van der Waals surface area contributed by atoms with E-state index in [2.05, 4.69) is 15.3 Å². The highest BCUT2D eigenvalue weighted by atomic mass is 35.5. The largest absolute Gasteiger partial charge is 0.491 e. The van der Waals surface area contributed by atoms with Crippen molar-refractivity contribution < 1.29 is 9.13 Å². The smallest absolute Gasteiger partial charge is 0.216 e. The number of nitrogens with one attached hydrogen (secondary N) is 1. The molecule has 0 bridgehead atoms. The standard InChI is InChI=1S/C18H16ClFN4OS/c1-11(2)25-13-6-3-5-12(9-13)17-22-23-18(26)24(17)21-10-14-15(19)7-4-8-16(14)20/h3-11H,1-2H3,(H,23,26)/b21-10-. The van der Waals surface area contributed by atoms with Gasteiger partial charge in [-0.25, -0.2) is 9.49 Å². The van der Waals surface area contributed by atoms with Crippen LogP contribution in [-0.2, 0) is 0 Å². The summed E-state index contributed by atoms with van der Waals surface area (Å²) in [5.41, 5.74) is 0.937. The molecule has 8 heteroatoms. The highest BCUT2D eigenvalue weighted by Gasteiger charge is 2.11. The summed E-state index contributed by atoms with van der Waals surface area (Å²) in [5, 5.41) is 11.4. The minimum absolute atomic E-state index is 0.0484. The SMILES string of the molecule is CC(C)Oc1cccc(-c2n[nH]c(=S)n2/N=C\c2c(F)cccc2Cl)c1. The van der Waals surface area contributed by atoms with Crippen molar-refractivity contribution in [1.29, 1.82) is 0 Å². The average Bonchev–Trinajstić information content (AvgIpc) is 2.95. The van der Waals surface area contributed by atoms with Crippen LogP contribution in [0.2, 0.25) is 5.02 Å². The first kappa shape index (κ1) is 18.3. The summed E-state index contributed by atoms with van der Waals surface area (Å²) in [6.07, 6.45) is 1.37. The molecular formula is C18H16ClFN4OS. The average molecular weight is 391 g/mol. The molecule has 5 nitrogen and oxygen atoms in total. The van der Waals surface area contributed by atoms with Gasteiger partial charge in [0.1, 0.15) is 11.6 Å². The predicted octanol–water partition coefficient (Wildman–Crippen LogP) is 5.07. The van der Waals surface area contributed by atoms with Crippen molar-refractivity contribution in [2.75, 3.05) is 0 Å². The Kier molecular flexibility index (Phi) is 5.49. The van der Waals surface area contributed by atoms with E-state index in [0.29, 0.717) is 11.6 Å². The lowest BCUT2D eigenvalue weighted by molar-refractivity contribution is 0.242. The second-order valence-electron chi connectivity index (χ2n) is 5.74. The van der Waals surface area contributed by atoms with Gasteiger partial charge in [-0.2, -0.15) is 14.9 Å². The number of H-pyrrole nitrogens is 1. The zero-order valence-electron chi connectivity index (χ0n) is 14.1. The van der Waals surface area contributed by atoms with Gasteiger partial charge in [-0.1, -0.05) is 29.8 Å². The highest BCUT2D eigenvalue weighted by Crippen LogP contribution is 2.23. The maximum Gasteiger partial charge on any atom is 0.216 e. The molecule has 26 heavy (non-hydrogen) atoms. The Hall–Kier alpha value is -2.51. The van der Waals surface area contributed by atoms with Crippen molar-refractivity contribution in [3.63, 3.8) is 0 Å². The lowest BCUT2D eigenvalue weighted by Gasteiger charge is -2.10. The molecule has 0 radical (unpaired) electrons. The second kappa shape index (κ2) is 7.80. The number of rotatable bonds is 5.